The van der Waals surface area contributed by atoms with Crippen LogP contribution in [-0.2, 0) is 11.3 Å². The van der Waals surface area contributed by atoms with E-state index >= 15 is 0 Å². The van der Waals surface area contributed by atoms with Crippen LogP contribution in [0.25, 0.3) is 5.69 Å². The molecule has 0 unspecified atom stereocenters. The fraction of sp³-hybridized carbons (Fsp3) is 0.333. The molecule has 0 saturated heterocycles. The lowest BCUT2D eigenvalue weighted by Crippen LogP contribution is -2.34. The van der Waals surface area contributed by atoms with Gasteiger partial charge in [-0.2, -0.15) is 18.3 Å². The van der Waals surface area contributed by atoms with Gasteiger partial charge in [0.15, 0.2) is 0 Å². The van der Waals surface area contributed by atoms with Crippen LogP contribution in [0.3, 0.4) is 0 Å². The average molecular weight is 395 g/mol. The monoisotopic (exact) mass is 394 g/mol. The number of nitrogens with one attached hydrogen (secondary N) is 1. The first-order valence-corrected chi connectivity index (χ1v) is 7.60. The number of ether oxygens (including phenoxy) is 1. The number of anilines is 1. The van der Waals surface area contributed by atoms with E-state index in [1.165, 1.54) is 14.0 Å². The van der Waals surface area contributed by atoms with Crippen LogP contribution in [0, 0.1) is 12.7 Å². The zero-order valence-corrected chi connectivity index (χ0v) is 14.5. The fourth-order valence-corrected chi connectivity index (χ4v) is 2.39. The number of halogens is 5. The Bertz CT molecular complexity index is 836. The van der Waals surface area contributed by atoms with Gasteiger partial charge in [-0.1, -0.05) is 11.6 Å². The molecule has 0 aliphatic rings. The molecule has 2 rings (SSSR count). The summed E-state index contributed by atoms with van der Waals surface area (Å²) in [4.78, 5) is 12.0. The number of carbonyl (C=O) groups excluding carboxylic acids is 1. The summed E-state index contributed by atoms with van der Waals surface area (Å²) in [5.41, 5.74) is 5.83. The highest BCUT2D eigenvalue weighted by Gasteiger charge is 2.28. The Labute approximate surface area is 150 Å². The first-order chi connectivity index (χ1) is 12.0. The van der Waals surface area contributed by atoms with Crippen molar-refractivity contribution in [2.45, 2.75) is 19.7 Å². The van der Waals surface area contributed by atoms with Crippen molar-refractivity contribution in [3.63, 3.8) is 0 Å². The third-order valence-electron chi connectivity index (χ3n) is 3.42. The Morgan fingerprint density at radius 1 is 1.42 bits per heavy atom. The van der Waals surface area contributed by atoms with E-state index < -0.39 is 24.4 Å². The van der Waals surface area contributed by atoms with Gasteiger partial charge in [-0.05, 0) is 24.6 Å². The van der Waals surface area contributed by atoms with Crippen molar-refractivity contribution in [2.24, 2.45) is 0 Å². The topological polar surface area (TPSA) is 82.2 Å². The van der Waals surface area contributed by atoms with Gasteiger partial charge in [-0.25, -0.2) is 9.07 Å². The second-order valence-corrected chi connectivity index (χ2v) is 5.79. The van der Waals surface area contributed by atoms with Crippen LogP contribution in [0.1, 0.15) is 21.6 Å². The number of nitrogens with two attached hydrogens (primary N) is 1. The zero-order chi connectivity index (χ0) is 19.6. The van der Waals surface area contributed by atoms with Gasteiger partial charge in [0, 0.05) is 12.7 Å². The number of amides is 1. The standard InChI is InChI=1S/C15H15ClF4N4O2/c1-7-3-9(17)11(4-8(7)14(25)22-6-15(18,19)20)24-13(21)12(16)10(23-24)5-26-2/h3-4H,5-6,21H2,1-2H3,(H,22,25). The van der Waals surface area contributed by atoms with E-state index in [9.17, 15) is 22.4 Å². The van der Waals surface area contributed by atoms with Gasteiger partial charge in [-0.15, -0.1) is 0 Å². The summed E-state index contributed by atoms with van der Waals surface area (Å²) < 4.78 is 57.1. The highest BCUT2D eigenvalue weighted by molar-refractivity contribution is 6.33. The molecule has 0 radical (unpaired) electrons. The molecule has 0 fully saturated rings. The molecule has 26 heavy (non-hydrogen) atoms. The van der Waals surface area contributed by atoms with Crippen LogP contribution < -0.4 is 11.1 Å². The lowest BCUT2D eigenvalue weighted by Gasteiger charge is -2.13. The maximum atomic E-state index is 14.4. The molecule has 2 aromatic rings. The second kappa shape index (κ2) is 7.50. The van der Waals surface area contributed by atoms with Crippen molar-refractivity contribution in [3.05, 3.63) is 39.8 Å². The molecular weight excluding hydrogens is 380 g/mol. The van der Waals surface area contributed by atoms with Crippen LogP contribution in [0.2, 0.25) is 5.02 Å². The molecule has 1 amide bonds. The summed E-state index contributed by atoms with van der Waals surface area (Å²) in [7, 11) is 1.40. The number of nitrogens with zero attached hydrogens (tertiary/aromatic N) is 2. The molecule has 0 aliphatic carbocycles. The normalized spacial score (nSPS) is 11.7. The molecule has 142 valence electrons. The lowest BCUT2D eigenvalue weighted by atomic mass is 10.1. The fourth-order valence-electron chi connectivity index (χ4n) is 2.22. The van der Waals surface area contributed by atoms with Gasteiger partial charge in [-0.3, -0.25) is 4.79 Å². The number of methoxy groups -OCH3 is 1. The molecule has 0 aliphatic heterocycles. The first kappa shape index (κ1) is 20.0. The summed E-state index contributed by atoms with van der Waals surface area (Å²) in [6.45, 7) is -0.0979. The van der Waals surface area contributed by atoms with E-state index in [-0.39, 0.29) is 40.0 Å². The Morgan fingerprint density at radius 3 is 2.65 bits per heavy atom. The minimum Gasteiger partial charge on any atom is -0.382 e. The van der Waals surface area contributed by atoms with Crippen LogP contribution in [0.4, 0.5) is 23.4 Å². The Hall–Kier alpha value is -2.33. The number of benzene rings is 1. The molecule has 1 aromatic heterocycles. The molecule has 0 saturated carbocycles. The summed E-state index contributed by atoms with van der Waals surface area (Å²) >= 11 is 6.01. The minimum absolute atomic E-state index is 0.0163. The molecule has 11 heteroatoms. The minimum atomic E-state index is -4.57. The Morgan fingerprint density at radius 2 is 2.08 bits per heavy atom. The maximum Gasteiger partial charge on any atom is 0.405 e. The number of rotatable bonds is 5. The Balaban J connectivity index is 2.45. The van der Waals surface area contributed by atoms with Crippen molar-refractivity contribution in [2.75, 3.05) is 19.4 Å². The molecule has 0 atom stereocenters. The van der Waals surface area contributed by atoms with Crippen molar-refractivity contribution >= 4 is 23.3 Å². The maximum absolute atomic E-state index is 14.4. The number of nitrogen functional groups attached to an aromatic ring is 1. The Kier molecular flexibility index (Phi) is 5.77. The summed E-state index contributed by atoms with van der Waals surface area (Å²) in [6.07, 6.45) is -4.57. The van der Waals surface area contributed by atoms with Gasteiger partial charge < -0.3 is 15.8 Å². The van der Waals surface area contributed by atoms with Gasteiger partial charge in [0.1, 0.15) is 34.6 Å². The summed E-state index contributed by atoms with van der Waals surface area (Å²) in [6, 6.07) is 2.06. The third-order valence-corrected chi connectivity index (χ3v) is 3.84. The number of aromatic nitrogens is 2. The van der Waals surface area contributed by atoms with Crippen molar-refractivity contribution in [1.29, 1.82) is 0 Å². The summed E-state index contributed by atoms with van der Waals surface area (Å²) in [5, 5.41) is 5.82. The number of hydrogen-bond donors (Lipinski definition) is 2. The predicted molar refractivity (Wildman–Crippen MR) is 86.8 cm³/mol. The SMILES string of the molecule is COCc1nn(-c2cc(C(=O)NCC(F)(F)F)c(C)cc2F)c(N)c1Cl. The third kappa shape index (κ3) is 4.25. The number of hydrogen-bond acceptors (Lipinski definition) is 4. The van der Waals surface area contributed by atoms with Crippen molar-refractivity contribution in [1.82, 2.24) is 15.1 Å². The van der Waals surface area contributed by atoms with Crippen molar-refractivity contribution < 1.29 is 27.1 Å². The second-order valence-electron chi connectivity index (χ2n) is 5.41. The lowest BCUT2D eigenvalue weighted by molar-refractivity contribution is -0.123. The van der Waals surface area contributed by atoms with Crippen LogP contribution in [0.15, 0.2) is 12.1 Å². The van der Waals surface area contributed by atoms with Crippen LogP contribution in [0.5, 0.6) is 0 Å². The van der Waals surface area contributed by atoms with Crippen LogP contribution >= 0.6 is 11.6 Å². The van der Waals surface area contributed by atoms with Gasteiger partial charge in [0.05, 0.1) is 6.61 Å². The summed E-state index contributed by atoms with van der Waals surface area (Å²) in [5.74, 6) is -1.87. The predicted octanol–water partition coefficient (Wildman–Crippen LogP) is 2.99. The van der Waals surface area contributed by atoms with E-state index in [2.05, 4.69) is 5.10 Å². The number of carbonyl (C=O) groups is 1. The molecule has 0 bridgehead atoms. The first-order valence-electron chi connectivity index (χ1n) is 7.22. The highest BCUT2D eigenvalue weighted by Crippen LogP contribution is 2.29. The van der Waals surface area contributed by atoms with Gasteiger partial charge in [0.2, 0.25) is 0 Å². The van der Waals surface area contributed by atoms with Gasteiger partial charge in [0.25, 0.3) is 5.91 Å². The molecule has 1 aromatic carbocycles. The molecule has 3 N–H and O–H groups in total. The van der Waals surface area contributed by atoms with Crippen molar-refractivity contribution in [3.8, 4) is 5.69 Å². The highest BCUT2D eigenvalue weighted by atomic mass is 35.5. The number of alkyl halides is 3. The molecule has 0 spiro atoms. The quantitative estimate of drug-likeness (QED) is 0.764. The van der Waals surface area contributed by atoms with E-state index in [0.29, 0.717) is 0 Å². The van der Waals surface area contributed by atoms with E-state index in [0.717, 1.165) is 16.8 Å². The smallest absolute Gasteiger partial charge is 0.382 e. The van der Waals surface area contributed by atoms with Gasteiger partial charge >= 0.3 is 6.18 Å². The van der Waals surface area contributed by atoms with E-state index in [1.807, 2.05) is 0 Å². The van der Waals surface area contributed by atoms with Crippen LogP contribution in [-0.4, -0.2) is 35.5 Å². The largest absolute Gasteiger partial charge is 0.405 e. The number of aryl methyl sites for hydroxylation is 1. The van der Waals surface area contributed by atoms with E-state index in [4.69, 9.17) is 22.1 Å². The zero-order valence-electron chi connectivity index (χ0n) is 13.7. The average Bonchev–Trinajstić information content (AvgIpc) is 2.81. The molecule has 1 heterocycles. The molecule has 6 nitrogen and oxygen atoms in total. The van der Waals surface area contributed by atoms with E-state index in [1.54, 1.807) is 5.32 Å². The molecular formula is C15H15ClF4N4O2.